The van der Waals surface area contributed by atoms with E-state index in [1.807, 2.05) is 36.4 Å². The summed E-state index contributed by atoms with van der Waals surface area (Å²) in [5.74, 6) is 0.0610. The number of sulfonamides is 1. The molecule has 0 aliphatic carbocycles. The van der Waals surface area contributed by atoms with Crippen LogP contribution >= 0.6 is 0 Å². The molecule has 0 saturated heterocycles. The molecular formula is C15H13N3O3S. The van der Waals surface area contributed by atoms with Crippen molar-refractivity contribution >= 4 is 15.7 Å². The van der Waals surface area contributed by atoms with Gasteiger partial charge in [-0.3, -0.25) is 4.72 Å². The Morgan fingerprint density at radius 2 is 1.59 bits per heavy atom. The van der Waals surface area contributed by atoms with Crippen LogP contribution in [-0.4, -0.2) is 18.6 Å². The third-order valence-corrected chi connectivity index (χ3v) is 4.04. The monoisotopic (exact) mass is 315 g/mol. The molecule has 2 aromatic carbocycles. The molecule has 0 unspecified atom stereocenters. The van der Waals surface area contributed by atoms with E-state index in [9.17, 15) is 8.42 Å². The molecule has 1 heterocycles. The molecule has 112 valence electrons. The van der Waals surface area contributed by atoms with Gasteiger partial charge in [-0.15, -0.1) is 0 Å². The number of hydrogen-bond acceptors (Lipinski definition) is 5. The van der Waals surface area contributed by atoms with E-state index in [0.717, 1.165) is 5.56 Å². The van der Waals surface area contributed by atoms with Crippen molar-refractivity contribution in [2.45, 2.75) is 5.75 Å². The van der Waals surface area contributed by atoms with Crippen LogP contribution in [0.3, 0.4) is 0 Å². The van der Waals surface area contributed by atoms with Crippen molar-refractivity contribution in [1.29, 1.82) is 0 Å². The number of benzene rings is 2. The lowest BCUT2D eigenvalue weighted by molar-refractivity contribution is 0.424. The molecule has 0 fully saturated rings. The van der Waals surface area contributed by atoms with Crippen molar-refractivity contribution in [1.82, 2.24) is 10.1 Å². The molecule has 1 aromatic heterocycles. The van der Waals surface area contributed by atoms with Gasteiger partial charge in [0.25, 0.3) is 5.89 Å². The van der Waals surface area contributed by atoms with Gasteiger partial charge >= 0.3 is 0 Å². The number of para-hydroxylation sites is 1. The topological polar surface area (TPSA) is 85.1 Å². The van der Waals surface area contributed by atoms with Crippen LogP contribution < -0.4 is 4.72 Å². The number of nitrogens with zero attached hydrogens (tertiary/aromatic N) is 2. The summed E-state index contributed by atoms with van der Waals surface area (Å²) < 4.78 is 31.7. The summed E-state index contributed by atoms with van der Waals surface area (Å²) in [6, 6.07) is 17.8. The molecule has 3 rings (SSSR count). The van der Waals surface area contributed by atoms with Crippen LogP contribution in [0.2, 0.25) is 0 Å². The molecular weight excluding hydrogens is 302 g/mol. The van der Waals surface area contributed by atoms with Crippen LogP contribution in [0.5, 0.6) is 0 Å². The van der Waals surface area contributed by atoms with Crippen LogP contribution in [0, 0.1) is 0 Å². The molecule has 0 spiro atoms. The second-order valence-electron chi connectivity index (χ2n) is 4.61. The van der Waals surface area contributed by atoms with Gasteiger partial charge in [-0.25, -0.2) is 8.42 Å². The van der Waals surface area contributed by atoms with Crippen LogP contribution in [-0.2, 0) is 15.8 Å². The van der Waals surface area contributed by atoms with Gasteiger partial charge in [0.2, 0.25) is 10.0 Å². The molecule has 0 saturated carbocycles. The highest BCUT2D eigenvalue weighted by atomic mass is 32.2. The molecule has 0 amide bonds. The molecule has 22 heavy (non-hydrogen) atoms. The third kappa shape index (κ3) is 3.50. The molecule has 0 atom stereocenters. The Morgan fingerprint density at radius 1 is 0.955 bits per heavy atom. The second-order valence-corrected chi connectivity index (χ2v) is 6.33. The number of nitrogens with one attached hydrogen (secondary N) is 1. The first-order valence-corrected chi connectivity index (χ1v) is 8.21. The fourth-order valence-electron chi connectivity index (χ4n) is 1.90. The van der Waals surface area contributed by atoms with E-state index in [0.29, 0.717) is 11.6 Å². The van der Waals surface area contributed by atoms with Gasteiger partial charge in [0.1, 0.15) is 5.75 Å². The Morgan fingerprint density at radius 3 is 2.27 bits per heavy atom. The average molecular weight is 315 g/mol. The minimum atomic E-state index is -3.59. The molecule has 6 nitrogen and oxygen atoms in total. The first-order chi connectivity index (χ1) is 10.6. The van der Waals surface area contributed by atoms with Gasteiger partial charge in [0.15, 0.2) is 5.82 Å². The van der Waals surface area contributed by atoms with Crippen LogP contribution in [0.4, 0.5) is 5.69 Å². The van der Waals surface area contributed by atoms with E-state index in [1.165, 1.54) is 0 Å². The first-order valence-electron chi connectivity index (χ1n) is 6.56. The molecule has 0 aliphatic heterocycles. The van der Waals surface area contributed by atoms with Crippen molar-refractivity contribution < 1.29 is 12.9 Å². The van der Waals surface area contributed by atoms with Gasteiger partial charge in [0.05, 0.1) is 0 Å². The van der Waals surface area contributed by atoms with Crippen molar-refractivity contribution in [2.75, 3.05) is 4.72 Å². The van der Waals surface area contributed by atoms with E-state index in [-0.39, 0.29) is 11.6 Å². The first kappa shape index (κ1) is 14.3. The minimum Gasteiger partial charge on any atom is -0.334 e. The maximum absolute atomic E-state index is 12.1. The lowest BCUT2D eigenvalue weighted by atomic mass is 10.2. The number of aromatic nitrogens is 2. The molecule has 1 N–H and O–H groups in total. The molecule has 7 heteroatoms. The highest BCUT2D eigenvalue weighted by molar-refractivity contribution is 7.91. The normalized spacial score (nSPS) is 11.3. The number of hydrogen-bond donors (Lipinski definition) is 1. The number of anilines is 1. The van der Waals surface area contributed by atoms with Crippen molar-refractivity contribution in [2.24, 2.45) is 0 Å². The summed E-state index contributed by atoms with van der Waals surface area (Å²) >= 11 is 0. The average Bonchev–Trinajstić information content (AvgIpc) is 2.96. The minimum absolute atomic E-state index is 0.113. The zero-order valence-electron chi connectivity index (χ0n) is 11.5. The van der Waals surface area contributed by atoms with Crippen molar-refractivity contribution in [3.63, 3.8) is 0 Å². The Bertz CT molecular complexity index is 846. The molecule has 0 radical (unpaired) electrons. The Balaban J connectivity index is 1.75. The van der Waals surface area contributed by atoms with E-state index in [1.54, 1.807) is 24.3 Å². The van der Waals surface area contributed by atoms with Crippen LogP contribution in [0.1, 0.15) is 5.82 Å². The summed E-state index contributed by atoms with van der Waals surface area (Å²) in [5, 5.41) is 3.71. The smallest absolute Gasteiger partial charge is 0.257 e. The van der Waals surface area contributed by atoms with Crippen LogP contribution in [0.25, 0.3) is 11.5 Å². The SMILES string of the molecule is O=S(=O)(Cc1noc(-c2ccccc2)n1)Nc1ccccc1. The summed E-state index contributed by atoms with van der Waals surface area (Å²) in [6.45, 7) is 0. The highest BCUT2D eigenvalue weighted by Gasteiger charge is 2.17. The lowest BCUT2D eigenvalue weighted by Crippen LogP contribution is -2.15. The van der Waals surface area contributed by atoms with Gasteiger partial charge in [0, 0.05) is 11.3 Å². The fraction of sp³-hybridized carbons (Fsp3) is 0.0667. The predicted molar refractivity (Wildman–Crippen MR) is 82.4 cm³/mol. The Kier molecular flexibility index (Phi) is 3.88. The van der Waals surface area contributed by atoms with E-state index >= 15 is 0 Å². The quantitative estimate of drug-likeness (QED) is 0.782. The van der Waals surface area contributed by atoms with Gasteiger partial charge in [-0.05, 0) is 24.3 Å². The zero-order valence-corrected chi connectivity index (χ0v) is 12.3. The van der Waals surface area contributed by atoms with E-state index < -0.39 is 10.0 Å². The molecule has 0 aliphatic rings. The van der Waals surface area contributed by atoms with Gasteiger partial charge in [-0.2, -0.15) is 4.98 Å². The maximum atomic E-state index is 12.1. The zero-order chi connectivity index (χ0) is 15.4. The molecule has 0 bridgehead atoms. The predicted octanol–water partition coefficient (Wildman–Crippen LogP) is 2.68. The third-order valence-electron chi connectivity index (χ3n) is 2.86. The van der Waals surface area contributed by atoms with E-state index in [4.69, 9.17) is 4.52 Å². The van der Waals surface area contributed by atoms with Gasteiger partial charge in [-0.1, -0.05) is 41.6 Å². The standard InChI is InChI=1S/C15H13N3O3S/c19-22(20,18-13-9-5-2-6-10-13)11-14-16-15(21-17-14)12-7-3-1-4-8-12/h1-10,18H,11H2. The largest absolute Gasteiger partial charge is 0.334 e. The summed E-state index contributed by atoms with van der Waals surface area (Å²) in [7, 11) is -3.59. The van der Waals surface area contributed by atoms with Crippen LogP contribution in [0.15, 0.2) is 65.2 Å². The van der Waals surface area contributed by atoms with Gasteiger partial charge < -0.3 is 4.52 Å². The summed E-state index contributed by atoms with van der Waals surface area (Å²) in [6.07, 6.45) is 0. The Hall–Kier alpha value is -2.67. The fourth-order valence-corrected chi connectivity index (χ4v) is 2.93. The summed E-state index contributed by atoms with van der Waals surface area (Å²) in [4.78, 5) is 4.11. The highest BCUT2D eigenvalue weighted by Crippen LogP contribution is 2.17. The molecule has 3 aromatic rings. The second kappa shape index (κ2) is 5.98. The Labute approximate surface area is 127 Å². The maximum Gasteiger partial charge on any atom is 0.257 e. The van der Waals surface area contributed by atoms with E-state index in [2.05, 4.69) is 14.9 Å². The number of rotatable bonds is 5. The van der Waals surface area contributed by atoms with Crippen molar-refractivity contribution in [3.05, 3.63) is 66.5 Å². The van der Waals surface area contributed by atoms with Crippen molar-refractivity contribution in [3.8, 4) is 11.5 Å². The summed E-state index contributed by atoms with van der Waals surface area (Å²) in [5.41, 5.74) is 1.24. The lowest BCUT2D eigenvalue weighted by Gasteiger charge is -2.05.